The number of aliphatic hydroxyl groups is 1. The van der Waals surface area contributed by atoms with Crippen LogP contribution in [0.15, 0.2) is 59.0 Å². The molecule has 1 saturated carbocycles. The smallest absolute Gasteiger partial charge is 0.0960 e. The van der Waals surface area contributed by atoms with E-state index in [1.165, 1.54) is 44.1 Å². The van der Waals surface area contributed by atoms with E-state index in [0.29, 0.717) is 17.8 Å². The molecule has 3 rings (SSSR count). The van der Waals surface area contributed by atoms with E-state index in [4.69, 9.17) is 9.15 Å². The highest BCUT2D eigenvalue weighted by Crippen LogP contribution is 2.60. The summed E-state index contributed by atoms with van der Waals surface area (Å²) in [6.45, 7) is 14.4. The average Bonchev–Trinajstić information content (AvgIpc) is 3.39. The molecule has 36 heavy (non-hydrogen) atoms. The first-order valence-electron chi connectivity index (χ1n) is 14.4. The van der Waals surface area contributed by atoms with Crippen molar-refractivity contribution in [3.63, 3.8) is 0 Å². The molecule has 0 amide bonds. The Balaban J connectivity index is 1.62. The van der Waals surface area contributed by atoms with Gasteiger partial charge in [-0.2, -0.15) is 0 Å². The van der Waals surface area contributed by atoms with Crippen LogP contribution in [0.5, 0.6) is 0 Å². The van der Waals surface area contributed by atoms with Crippen molar-refractivity contribution < 1.29 is 14.3 Å². The Labute approximate surface area is 221 Å². The highest BCUT2D eigenvalue weighted by molar-refractivity contribution is 5.26. The normalized spacial score (nSPS) is 30.4. The van der Waals surface area contributed by atoms with E-state index in [1.807, 2.05) is 12.1 Å². The number of fused-ring (bicyclic) bond motifs is 1. The van der Waals surface area contributed by atoms with E-state index in [1.54, 1.807) is 25.2 Å². The predicted octanol–water partition coefficient (Wildman–Crippen LogP) is 9.22. The van der Waals surface area contributed by atoms with Crippen LogP contribution in [0.4, 0.5) is 0 Å². The molecule has 1 aromatic rings. The summed E-state index contributed by atoms with van der Waals surface area (Å²) in [6.07, 6.45) is 22.8. The largest absolute Gasteiger partial charge is 0.472 e. The van der Waals surface area contributed by atoms with Gasteiger partial charge in [-0.05, 0) is 106 Å². The van der Waals surface area contributed by atoms with Gasteiger partial charge in [0.1, 0.15) is 0 Å². The molecule has 0 radical (unpaired) electrons. The van der Waals surface area contributed by atoms with Gasteiger partial charge in [0.25, 0.3) is 0 Å². The third-order valence-corrected chi connectivity index (χ3v) is 9.80. The van der Waals surface area contributed by atoms with Gasteiger partial charge in [0.2, 0.25) is 0 Å². The number of hydrogen-bond donors (Lipinski definition) is 1. The quantitative estimate of drug-likeness (QED) is 0.261. The second-order valence-corrected chi connectivity index (χ2v) is 12.4. The van der Waals surface area contributed by atoms with Crippen molar-refractivity contribution in [2.45, 2.75) is 104 Å². The SMILES string of the molecule is C=CCC(C/C=C(\C)CCCC1(C)CCC[C@@H]2C1=CC[C@@H](C)[C@]2(C)C[C@@H](O)c1ccoc1)CCOC. The zero-order chi connectivity index (χ0) is 26.2. The standard InChI is InChI=1S/C33H52O3/c1-7-10-27(17-21-35-6)15-13-25(2)11-8-19-32(4)20-9-12-30-29(32)16-14-26(3)33(30,5)23-31(34)28-18-22-36-24-28/h7,13,16,18,22,24,26-27,30-31,34H,1,8-12,14-15,17,19-21,23H2,2-6H3/b25-13+/t26-,27?,30-,31-,32?,33+/m1/s1. The Kier molecular flexibility index (Phi) is 10.7. The fourth-order valence-corrected chi connectivity index (χ4v) is 7.10. The van der Waals surface area contributed by atoms with Crippen LogP contribution in [-0.4, -0.2) is 18.8 Å². The van der Waals surface area contributed by atoms with Gasteiger partial charge >= 0.3 is 0 Å². The van der Waals surface area contributed by atoms with Crippen LogP contribution in [0.1, 0.15) is 110 Å². The second-order valence-electron chi connectivity index (χ2n) is 12.4. The van der Waals surface area contributed by atoms with Gasteiger partial charge in [-0.15, -0.1) is 6.58 Å². The molecular weight excluding hydrogens is 444 g/mol. The van der Waals surface area contributed by atoms with Gasteiger partial charge in [-0.1, -0.05) is 56.6 Å². The predicted molar refractivity (Wildman–Crippen MR) is 151 cm³/mol. The topological polar surface area (TPSA) is 42.6 Å². The van der Waals surface area contributed by atoms with Crippen LogP contribution >= 0.6 is 0 Å². The molecule has 6 atom stereocenters. The number of ether oxygens (including phenoxy) is 1. The van der Waals surface area contributed by atoms with Gasteiger partial charge in [0.05, 0.1) is 18.6 Å². The van der Waals surface area contributed by atoms with Crippen molar-refractivity contribution in [3.05, 3.63) is 60.1 Å². The Morgan fingerprint density at radius 3 is 2.83 bits per heavy atom. The fraction of sp³-hybridized carbons (Fsp3) is 0.697. The van der Waals surface area contributed by atoms with E-state index in [0.717, 1.165) is 44.3 Å². The summed E-state index contributed by atoms with van der Waals surface area (Å²) in [4.78, 5) is 0. The molecule has 1 aromatic heterocycles. The van der Waals surface area contributed by atoms with Crippen LogP contribution < -0.4 is 0 Å². The van der Waals surface area contributed by atoms with E-state index in [2.05, 4.69) is 46.4 Å². The molecule has 1 N–H and O–H groups in total. The van der Waals surface area contributed by atoms with Crippen LogP contribution in [0, 0.1) is 28.6 Å². The molecule has 0 bridgehead atoms. The number of hydrogen-bond acceptors (Lipinski definition) is 3. The lowest BCUT2D eigenvalue weighted by molar-refractivity contribution is 0.00549. The van der Waals surface area contributed by atoms with E-state index >= 15 is 0 Å². The first-order chi connectivity index (χ1) is 17.2. The molecule has 1 fully saturated rings. The molecular formula is C33H52O3. The highest BCUT2D eigenvalue weighted by atomic mass is 16.5. The molecule has 0 aliphatic heterocycles. The van der Waals surface area contributed by atoms with Gasteiger partial charge in [-0.3, -0.25) is 0 Å². The monoisotopic (exact) mass is 496 g/mol. The van der Waals surface area contributed by atoms with Gasteiger partial charge in [-0.25, -0.2) is 0 Å². The van der Waals surface area contributed by atoms with Gasteiger partial charge in [0, 0.05) is 19.3 Å². The summed E-state index contributed by atoms with van der Waals surface area (Å²) in [5.74, 6) is 1.78. The highest BCUT2D eigenvalue weighted by Gasteiger charge is 2.50. The zero-order valence-electron chi connectivity index (χ0n) is 23.7. The van der Waals surface area contributed by atoms with Crippen LogP contribution in [0.2, 0.25) is 0 Å². The Morgan fingerprint density at radius 2 is 2.14 bits per heavy atom. The third-order valence-electron chi connectivity index (χ3n) is 9.80. The molecule has 202 valence electrons. The van der Waals surface area contributed by atoms with Crippen molar-refractivity contribution in [3.8, 4) is 0 Å². The van der Waals surface area contributed by atoms with Crippen LogP contribution in [-0.2, 0) is 4.74 Å². The number of methoxy groups -OCH3 is 1. The Hall–Kier alpha value is -1.58. The summed E-state index contributed by atoms with van der Waals surface area (Å²) in [5, 5.41) is 11.0. The maximum Gasteiger partial charge on any atom is 0.0960 e. The lowest BCUT2D eigenvalue weighted by atomic mass is 9.50. The molecule has 2 unspecified atom stereocenters. The van der Waals surface area contributed by atoms with Gasteiger partial charge in [0.15, 0.2) is 0 Å². The molecule has 3 nitrogen and oxygen atoms in total. The molecule has 2 aliphatic carbocycles. The van der Waals surface area contributed by atoms with E-state index in [-0.39, 0.29) is 10.8 Å². The molecule has 0 spiro atoms. The molecule has 0 aromatic carbocycles. The Bertz CT molecular complexity index is 866. The van der Waals surface area contributed by atoms with Crippen molar-refractivity contribution >= 4 is 0 Å². The van der Waals surface area contributed by atoms with Gasteiger partial charge < -0.3 is 14.3 Å². The fourth-order valence-electron chi connectivity index (χ4n) is 7.10. The second kappa shape index (κ2) is 13.3. The summed E-state index contributed by atoms with van der Waals surface area (Å²) in [7, 11) is 1.79. The lowest BCUT2D eigenvalue weighted by Crippen LogP contribution is -2.45. The zero-order valence-corrected chi connectivity index (χ0v) is 23.7. The number of aliphatic hydroxyl groups excluding tert-OH is 1. The maximum absolute atomic E-state index is 11.0. The van der Waals surface area contributed by atoms with E-state index < -0.39 is 6.10 Å². The summed E-state index contributed by atoms with van der Waals surface area (Å²) >= 11 is 0. The first kappa shape index (κ1) is 29.0. The first-order valence-corrected chi connectivity index (χ1v) is 14.4. The van der Waals surface area contributed by atoms with Crippen molar-refractivity contribution in [2.75, 3.05) is 13.7 Å². The van der Waals surface area contributed by atoms with Crippen molar-refractivity contribution in [1.29, 1.82) is 0 Å². The summed E-state index contributed by atoms with van der Waals surface area (Å²) < 4.78 is 10.6. The number of furan rings is 1. The Morgan fingerprint density at radius 1 is 1.33 bits per heavy atom. The molecule has 1 heterocycles. The minimum atomic E-state index is -0.453. The van der Waals surface area contributed by atoms with Crippen molar-refractivity contribution in [1.82, 2.24) is 0 Å². The number of allylic oxidation sites excluding steroid dienone is 5. The molecule has 3 heteroatoms. The summed E-state index contributed by atoms with van der Waals surface area (Å²) in [5.41, 5.74) is 4.53. The minimum absolute atomic E-state index is 0.112. The number of rotatable bonds is 14. The van der Waals surface area contributed by atoms with Crippen molar-refractivity contribution in [2.24, 2.45) is 28.6 Å². The minimum Gasteiger partial charge on any atom is -0.472 e. The van der Waals surface area contributed by atoms with Crippen LogP contribution in [0.3, 0.4) is 0 Å². The summed E-state index contributed by atoms with van der Waals surface area (Å²) in [6, 6.07) is 1.91. The van der Waals surface area contributed by atoms with E-state index in [9.17, 15) is 5.11 Å². The lowest BCUT2D eigenvalue weighted by Gasteiger charge is -2.54. The maximum atomic E-state index is 11.0. The average molecular weight is 497 g/mol. The third kappa shape index (κ3) is 7.04. The molecule has 2 aliphatic rings. The molecule has 0 saturated heterocycles. The van der Waals surface area contributed by atoms with Crippen LogP contribution in [0.25, 0.3) is 0 Å².